The number of piperidine rings is 1. The molecule has 0 bridgehead atoms. The van der Waals surface area contributed by atoms with Gasteiger partial charge >= 0.3 is 0 Å². The van der Waals surface area contributed by atoms with Crippen LogP contribution in [-0.2, 0) is 4.79 Å². The fourth-order valence-corrected chi connectivity index (χ4v) is 2.48. The van der Waals surface area contributed by atoms with Crippen LogP contribution in [0.4, 0.5) is 10.1 Å². The van der Waals surface area contributed by atoms with Gasteiger partial charge in [-0.1, -0.05) is 11.6 Å². The first-order valence-electron chi connectivity index (χ1n) is 6.74. The summed E-state index contributed by atoms with van der Waals surface area (Å²) in [5.74, 6) is -0.463. The van der Waals surface area contributed by atoms with Gasteiger partial charge in [-0.05, 0) is 31.0 Å². The third-order valence-corrected chi connectivity index (χ3v) is 3.84. The van der Waals surface area contributed by atoms with Crippen LogP contribution in [0.5, 0.6) is 0 Å². The Kier molecular flexibility index (Phi) is 5.01. The van der Waals surface area contributed by atoms with Crippen LogP contribution in [0.3, 0.4) is 0 Å². The number of nitrogens with one attached hydrogen (secondary N) is 1. The molecular formula is C14H18ClFN4O. The summed E-state index contributed by atoms with van der Waals surface area (Å²) >= 11 is 5.61. The normalized spacial score (nSPS) is 19.5. The summed E-state index contributed by atoms with van der Waals surface area (Å²) in [6.45, 7) is 1.31. The molecule has 7 heteroatoms. The second-order valence-corrected chi connectivity index (χ2v) is 5.39. The summed E-state index contributed by atoms with van der Waals surface area (Å²) in [5.41, 5.74) is 6.18. The van der Waals surface area contributed by atoms with Crippen LogP contribution >= 0.6 is 11.6 Å². The SMILES string of the molecule is CN=C(N)N1CCCC(C(=O)Nc2ccc(Cl)c(F)c2)C1. The first-order chi connectivity index (χ1) is 10.0. The molecule has 0 radical (unpaired) electrons. The quantitative estimate of drug-likeness (QED) is 0.649. The first-order valence-corrected chi connectivity index (χ1v) is 7.12. The predicted molar refractivity (Wildman–Crippen MR) is 81.9 cm³/mol. The molecule has 1 aliphatic heterocycles. The smallest absolute Gasteiger partial charge is 0.229 e. The van der Waals surface area contributed by atoms with Gasteiger partial charge in [-0.25, -0.2) is 4.39 Å². The number of carbonyl (C=O) groups is 1. The lowest BCUT2D eigenvalue weighted by atomic mass is 9.97. The zero-order chi connectivity index (χ0) is 15.4. The van der Waals surface area contributed by atoms with Crippen LogP contribution in [0, 0.1) is 11.7 Å². The molecule has 1 heterocycles. The lowest BCUT2D eigenvalue weighted by Gasteiger charge is -2.32. The number of anilines is 1. The third kappa shape index (κ3) is 3.85. The zero-order valence-electron chi connectivity index (χ0n) is 11.8. The van der Waals surface area contributed by atoms with Gasteiger partial charge in [-0.3, -0.25) is 9.79 Å². The van der Waals surface area contributed by atoms with Crippen LogP contribution in [0.1, 0.15) is 12.8 Å². The molecule has 0 spiro atoms. The van der Waals surface area contributed by atoms with Gasteiger partial charge in [0.15, 0.2) is 5.96 Å². The second-order valence-electron chi connectivity index (χ2n) is 4.99. The number of halogens is 2. The average molecular weight is 313 g/mol. The Bertz CT molecular complexity index is 564. The van der Waals surface area contributed by atoms with E-state index in [-0.39, 0.29) is 16.8 Å². The Morgan fingerprint density at radius 3 is 3.00 bits per heavy atom. The molecule has 0 saturated carbocycles. The van der Waals surface area contributed by atoms with Crippen molar-refractivity contribution >= 4 is 29.2 Å². The highest BCUT2D eigenvalue weighted by molar-refractivity contribution is 6.30. The third-order valence-electron chi connectivity index (χ3n) is 3.53. The van der Waals surface area contributed by atoms with Crippen LogP contribution in [-0.4, -0.2) is 36.9 Å². The predicted octanol–water partition coefficient (Wildman–Crippen LogP) is 2.07. The molecule has 3 N–H and O–H groups in total. The van der Waals surface area contributed by atoms with Crippen molar-refractivity contribution in [2.24, 2.45) is 16.6 Å². The van der Waals surface area contributed by atoms with E-state index >= 15 is 0 Å². The molecule has 1 unspecified atom stereocenters. The number of guanidine groups is 1. The van der Waals surface area contributed by atoms with Crippen molar-refractivity contribution < 1.29 is 9.18 Å². The number of rotatable bonds is 2. The lowest BCUT2D eigenvalue weighted by molar-refractivity contribution is -0.121. The molecule has 2 rings (SSSR count). The van der Waals surface area contributed by atoms with Gasteiger partial charge in [0.1, 0.15) is 5.82 Å². The Labute approximate surface area is 128 Å². The highest BCUT2D eigenvalue weighted by atomic mass is 35.5. The fraction of sp³-hybridized carbons (Fsp3) is 0.429. The molecule has 0 aromatic heterocycles. The Morgan fingerprint density at radius 2 is 2.33 bits per heavy atom. The van der Waals surface area contributed by atoms with Crippen molar-refractivity contribution in [2.75, 3.05) is 25.5 Å². The monoisotopic (exact) mass is 312 g/mol. The summed E-state index contributed by atoms with van der Waals surface area (Å²) in [6.07, 6.45) is 1.64. The van der Waals surface area contributed by atoms with E-state index in [4.69, 9.17) is 17.3 Å². The molecule has 21 heavy (non-hydrogen) atoms. The Balaban J connectivity index is 2.01. The number of nitrogens with two attached hydrogens (primary N) is 1. The number of amides is 1. The standard InChI is InChI=1S/C14H18ClFN4O/c1-18-14(17)20-6-2-3-9(8-20)13(21)19-10-4-5-11(15)12(16)7-10/h4-5,7,9H,2-3,6,8H2,1H3,(H2,17,18)(H,19,21). The molecule has 114 valence electrons. The van der Waals surface area contributed by atoms with E-state index in [0.29, 0.717) is 18.2 Å². The minimum Gasteiger partial charge on any atom is -0.370 e. The molecule has 1 aromatic carbocycles. The Morgan fingerprint density at radius 1 is 1.57 bits per heavy atom. The minimum absolute atomic E-state index is 0.0313. The van der Waals surface area contributed by atoms with Gasteiger partial charge < -0.3 is 16.0 Å². The zero-order valence-corrected chi connectivity index (χ0v) is 12.5. The van der Waals surface area contributed by atoms with E-state index in [0.717, 1.165) is 19.4 Å². The lowest BCUT2D eigenvalue weighted by Crippen LogP contribution is -2.46. The maximum atomic E-state index is 13.4. The van der Waals surface area contributed by atoms with Gasteiger partial charge in [-0.2, -0.15) is 0 Å². The summed E-state index contributed by atoms with van der Waals surface area (Å²) in [4.78, 5) is 18.1. The number of hydrogen-bond donors (Lipinski definition) is 2. The highest BCUT2D eigenvalue weighted by Gasteiger charge is 2.26. The molecule has 5 nitrogen and oxygen atoms in total. The van der Waals surface area contributed by atoms with Crippen LogP contribution in [0.15, 0.2) is 23.2 Å². The maximum absolute atomic E-state index is 13.4. The number of likely N-dealkylation sites (tertiary alicyclic amines) is 1. The Hall–Kier alpha value is -1.82. The van der Waals surface area contributed by atoms with Crippen molar-refractivity contribution in [3.05, 3.63) is 29.0 Å². The summed E-state index contributed by atoms with van der Waals surface area (Å²) < 4.78 is 13.4. The van der Waals surface area contributed by atoms with Crippen molar-refractivity contribution in [3.63, 3.8) is 0 Å². The summed E-state index contributed by atoms with van der Waals surface area (Å²) in [5, 5.41) is 2.74. The molecule has 0 aliphatic carbocycles. The van der Waals surface area contributed by atoms with E-state index in [1.165, 1.54) is 12.1 Å². The van der Waals surface area contributed by atoms with Gasteiger partial charge in [0.2, 0.25) is 5.91 Å². The molecule has 1 aromatic rings. The van der Waals surface area contributed by atoms with Crippen LogP contribution < -0.4 is 11.1 Å². The van der Waals surface area contributed by atoms with E-state index in [9.17, 15) is 9.18 Å². The molecular weight excluding hydrogens is 295 g/mol. The molecule has 1 amide bonds. The number of aliphatic imine (C=N–C) groups is 1. The van der Waals surface area contributed by atoms with Gasteiger partial charge in [0.25, 0.3) is 0 Å². The van der Waals surface area contributed by atoms with Crippen molar-refractivity contribution in [3.8, 4) is 0 Å². The second kappa shape index (κ2) is 6.76. The van der Waals surface area contributed by atoms with Gasteiger partial charge in [0, 0.05) is 25.8 Å². The minimum atomic E-state index is -0.554. The van der Waals surface area contributed by atoms with Crippen molar-refractivity contribution in [2.45, 2.75) is 12.8 Å². The molecule has 1 aliphatic rings. The molecule has 1 saturated heterocycles. The van der Waals surface area contributed by atoms with E-state index in [2.05, 4.69) is 10.3 Å². The average Bonchev–Trinajstić information content (AvgIpc) is 2.50. The largest absolute Gasteiger partial charge is 0.370 e. The fourth-order valence-electron chi connectivity index (χ4n) is 2.36. The topological polar surface area (TPSA) is 70.7 Å². The number of hydrogen-bond acceptors (Lipinski definition) is 2. The molecule has 1 atom stereocenters. The summed E-state index contributed by atoms with van der Waals surface area (Å²) in [6, 6.07) is 4.20. The van der Waals surface area contributed by atoms with Crippen molar-refractivity contribution in [1.29, 1.82) is 0 Å². The number of carbonyl (C=O) groups excluding carboxylic acids is 1. The maximum Gasteiger partial charge on any atom is 0.229 e. The van der Waals surface area contributed by atoms with E-state index in [1.54, 1.807) is 13.1 Å². The number of nitrogens with zero attached hydrogens (tertiary/aromatic N) is 2. The van der Waals surface area contributed by atoms with E-state index in [1.807, 2.05) is 4.90 Å². The molecule has 1 fully saturated rings. The first kappa shape index (κ1) is 15.6. The van der Waals surface area contributed by atoms with Crippen LogP contribution in [0.2, 0.25) is 5.02 Å². The van der Waals surface area contributed by atoms with Gasteiger partial charge in [-0.15, -0.1) is 0 Å². The van der Waals surface area contributed by atoms with Crippen molar-refractivity contribution in [1.82, 2.24) is 4.90 Å². The number of benzene rings is 1. The highest BCUT2D eigenvalue weighted by Crippen LogP contribution is 2.21. The van der Waals surface area contributed by atoms with Gasteiger partial charge in [0.05, 0.1) is 10.9 Å². The van der Waals surface area contributed by atoms with Crippen LogP contribution in [0.25, 0.3) is 0 Å². The van der Waals surface area contributed by atoms with E-state index < -0.39 is 5.82 Å². The summed E-state index contributed by atoms with van der Waals surface area (Å²) in [7, 11) is 1.62.